The SMILES string of the molecule is CC(C)COc1cccc(Cl)c1C=O. The van der Waals surface area contributed by atoms with Gasteiger partial charge in [0.25, 0.3) is 0 Å². The zero-order valence-electron chi connectivity index (χ0n) is 8.29. The average Bonchev–Trinajstić information content (AvgIpc) is 2.14. The minimum Gasteiger partial charge on any atom is -0.493 e. The Morgan fingerprint density at radius 3 is 2.79 bits per heavy atom. The van der Waals surface area contributed by atoms with E-state index in [-0.39, 0.29) is 0 Å². The van der Waals surface area contributed by atoms with Crippen molar-refractivity contribution in [2.45, 2.75) is 13.8 Å². The van der Waals surface area contributed by atoms with E-state index in [9.17, 15) is 4.79 Å². The number of aldehydes is 1. The van der Waals surface area contributed by atoms with Gasteiger partial charge in [-0.05, 0) is 18.1 Å². The molecule has 0 atom stereocenters. The molecule has 0 bridgehead atoms. The fraction of sp³-hybridized carbons (Fsp3) is 0.364. The van der Waals surface area contributed by atoms with Crippen LogP contribution in [0, 0.1) is 5.92 Å². The fourth-order valence-electron chi connectivity index (χ4n) is 1.01. The number of carbonyl (C=O) groups is 1. The van der Waals surface area contributed by atoms with Crippen LogP contribution in [0.1, 0.15) is 24.2 Å². The van der Waals surface area contributed by atoms with Gasteiger partial charge in [-0.15, -0.1) is 0 Å². The molecule has 76 valence electrons. The summed E-state index contributed by atoms with van der Waals surface area (Å²) < 4.78 is 5.45. The van der Waals surface area contributed by atoms with Crippen LogP contribution < -0.4 is 4.74 Å². The Morgan fingerprint density at radius 1 is 1.50 bits per heavy atom. The van der Waals surface area contributed by atoms with Crippen molar-refractivity contribution in [3.63, 3.8) is 0 Å². The van der Waals surface area contributed by atoms with E-state index in [0.29, 0.717) is 28.9 Å². The van der Waals surface area contributed by atoms with Crippen molar-refractivity contribution in [2.75, 3.05) is 6.61 Å². The molecule has 0 saturated carbocycles. The predicted octanol–water partition coefficient (Wildman–Crippen LogP) is 3.19. The standard InChI is InChI=1S/C11H13ClO2/c1-8(2)7-14-11-5-3-4-10(12)9(11)6-13/h3-6,8H,7H2,1-2H3. The molecule has 0 N–H and O–H groups in total. The van der Waals surface area contributed by atoms with Gasteiger partial charge < -0.3 is 4.74 Å². The Hall–Kier alpha value is -1.02. The van der Waals surface area contributed by atoms with Gasteiger partial charge in [-0.25, -0.2) is 0 Å². The average molecular weight is 213 g/mol. The maximum Gasteiger partial charge on any atom is 0.155 e. The summed E-state index contributed by atoms with van der Waals surface area (Å²) in [4.78, 5) is 10.7. The highest BCUT2D eigenvalue weighted by Gasteiger charge is 2.07. The van der Waals surface area contributed by atoms with Crippen LogP contribution in [-0.4, -0.2) is 12.9 Å². The van der Waals surface area contributed by atoms with Crippen LogP contribution >= 0.6 is 11.6 Å². The van der Waals surface area contributed by atoms with E-state index in [2.05, 4.69) is 0 Å². The normalized spacial score (nSPS) is 10.3. The van der Waals surface area contributed by atoms with E-state index < -0.39 is 0 Å². The summed E-state index contributed by atoms with van der Waals surface area (Å²) in [5.41, 5.74) is 0.426. The molecule has 0 unspecified atom stereocenters. The number of halogens is 1. The summed E-state index contributed by atoms with van der Waals surface area (Å²) in [6, 6.07) is 5.19. The highest BCUT2D eigenvalue weighted by Crippen LogP contribution is 2.24. The van der Waals surface area contributed by atoms with E-state index in [1.807, 2.05) is 13.8 Å². The van der Waals surface area contributed by atoms with Crippen molar-refractivity contribution in [1.29, 1.82) is 0 Å². The summed E-state index contributed by atoms with van der Waals surface area (Å²) in [6.45, 7) is 4.68. The lowest BCUT2D eigenvalue weighted by atomic mass is 10.2. The molecular weight excluding hydrogens is 200 g/mol. The first kappa shape index (κ1) is 11.1. The number of hydrogen-bond acceptors (Lipinski definition) is 2. The first-order chi connectivity index (χ1) is 6.65. The van der Waals surface area contributed by atoms with Gasteiger partial charge >= 0.3 is 0 Å². The zero-order valence-corrected chi connectivity index (χ0v) is 9.04. The molecule has 0 fully saturated rings. The third kappa shape index (κ3) is 2.74. The lowest BCUT2D eigenvalue weighted by Crippen LogP contribution is -2.06. The van der Waals surface area contributed by atoms with Crippen molar-refractivity contribution in [3.05, 3.63) is 28.8 Å². The van der Waals surface area contributed by atoms with Crippen LogP contribution in [0.25, 0.3) is 0 Å². The first-order valence-corrected chi connectivity index (χ1v) is 4.89. The molecular formula is C11H13ClO2. The molecule has 1 rings (SSSR count). The molecule has 1 aromatic rings. The van der Waals surface area contributed by atoms with Gasteiger partial charge in [0.1, 0.15) is 5.75 Å². The lowest BCUT2D eigenvalue weighted by Gasteiger charge is -2.10. The Morgan fingerprint density at radius 2 is 2.21 bits per heavy atom. The molecule has 14 heavy (non-hydrogen) atoms. The van der Waals surface area contributed by atoms with Gasteiger partial charge in [0.05, 0.1) is 17.2 Å². The quantitative estimate of drug-likeness (QED) is 0.717. The second-order valence-corrected chi connectivity index (χ2v) is 3.88. The molecule has 0 aliphatic heterocycles. The zero-order chi connectivity index (χ0) is 10.6. The Bertz CT molecular complexity index is 321. The molecule has 3 heteroatoms. The molecule has 1 aromatic carbocycles. The Labute approximate surface area is 88.8 Å². The minimum atomic E-state index is 0.425. The number of ether oxygens (including phenoxy) is 1. The minimum absolute atomic E-state index is 0.425. The van der Waals surface area contributed by atoms with Crippen LogP contribution in [0.4, 0.5) is 0 Å². The van der Waals surface area contributed by atoms with Crippen LogP contribution in [0.5, 0.6) is 5.75 Å². The molecule has 0 amide bonds. The van der Waals surface area contributed by atoms with Crippen molar-refractivity contribution >= 4 is 17.9 Å². The number of rotatable bonds is 4. The van der Waals surface area contributed by atoms with Crippen LogP contribution in [0.15, 0.2) is 18.2 Å². The van der Waals surface area contributed by atoms with Crippen molar-refractivity contribution < 1.29 is 9.53 Å². The van der Waals surface area contributed by atoms with Crippen molar-refractivity contribution in [2.24, 2.45) is 5.92 Å². The second kappa shape index (κ2) is 5.01. The molecule has 0 aliphatic carbocycles. The van der Waals surface area contributed by atoms with Crippen molar-refractivity contribution in [1.82, 2.24) is 0 Å². The molecule has 0 aromatic heterocycles. The van der Waals surface area contributed by atoms with Crippen LogP contribution in [-0.2, 0) is 0 Å². The third-order valence-corrected chi connectivity index (χ3v) is 2.03. The highest BCUT2D eigenvalue weighted by atomic mass is 35.5. The molecule has 0 saturated heterocycles. The van der Waals surface area contributed by atoms with E-state index in [1.54, 1.807) is 18.2 Å². The number of hydrogen-bond donors (Lipinski definition) is 0. The van der Waals surface area contributed by atoms with E-state index in [4.69, 9.17) is 16.3 Å². The van der Waals surface area contributed by atoms with E-state index in [0.717, 1.165) is 6.29 Å². The summed E-state index contributed by atoms with van der Waals surface area (Å²) >= 11 is 5.83. The number of carbonyl (C=O) groups excluding carboxylic acids is 1. The Balaban J connectivity index is 2.85. The van der Waals surface area contributed by atoms with Gasteiger partial charge in [-0.3, -0.25) is 4.79 Å². The van der Waals surface area contributed by atoms with Gasteiger partial charge in [-0.1, -0.05) is 31.5 Å². The second-order valence-electron chi connectivity index (χ2n) is 3.47. The summed E-state index contributed by atoms with van der Waals surface area (Å²) in [7, 11) is 0. The molecule has 0 aliphatic rings. The van der Waals surface area contributed by atoms with E-state index >= 15 is 0 Å². The lowest BCUT2D eigenvalue weighted by molar-refractivity contribution is 0.111. The van der Waals surface area contributed by atoms with Gasteiger partial charge in [-0.2, -0.15) is 0 Å². The van der Waals surface area contributed by atoms with Crippen LogP contribution in [0.2, 0.25) is 5.02 Å². The van der Waals surface area contributed by atoms with Gasteiger partial charge in [0.15, 0.2) is 6.29 Å². The summed E-state index contributed by atoms with van der Waals surface area (Å²) in [6.07, 6.45) is 0.720. The highest BCUT2D eigenvalue weighted by molar-refractivity contribution is 6.33. The van der Waals surface area contributed by atoms with Crippen molar-refractivity contribution in [3.8, 4) is 5.75 Å². The van der Waals surface area contributed by atoms with Gasteiger partial charge in [0, 0.05) is 0 Å². The summed E-state index contributed by atoms with van der Waals surface area (Å²) in [5.74, 6) is 0.981. The molecule has 0 radical (unpaired) electrons. The largest absolute Gasteiger partial charge is 0.493 e. The number of benzene rings is 1. The Kier molecular flexibility index (Phi) is 3.96. The topological polar surface area (TPSA) is 26.3 Å². The molecule has 0 heterocycles. The fourth-order valence-corrected chi connectivity index (χ4v) is 1.22. The van der Waals surface area contributed by atoms with Crippen LogP contribution in [0.3, 0.4) is 0 Å². The molecule has 0 spiro atoms. The van der Waals surface area contributed by atoms with E-state index in [1.165, 1.54) is 0 Å². The smallest absolute Gasteiger partial charge is 0.155 e. The molecule has 2 nitrogen and oxygen atoms in total. The summed E-state index contributed by atoms with van der Waals surface area (Å²) in [5, 5.41) is 0.432. The maximum absolute atomic E-state index is 10.7. The third-order valence-electron chi connectivity index (χ3n) is 1.70. The monoisotopic (exact) mass is 212 g/mol. The van der Waals surface area contributed by atoms with Gasteiger partial charge in [0.2, 0.25) is 0 Å². The maximum atomic E-state index is 10.7. The first-order valence-electron chi connectivity index (χ1n) is 4.51. The predicted molar refractivity (Wildman–Crippen MR) is 57.2 cm³/mol.